The zero-order valence-electron chi connectivity index (χ0n) is 14.5. The van der Waals surface area contributed by atoms with Gasteiger partial charge in [0.05, 0.1) is 23.4 Å². The number of rotatable bonds is 5. The van der Waals surface area contributed by atoms with E-state index in [9.17, 15) is 4.79 Å². The Morgan fingerprint density at radius 1 is 1.46 bits per heavy atom. The molecule has 0 saturated carbocycles. The number of carbonyl (C=O) groups excluding carboxylic acids is 1. The highest BCUT2D eigenvalue weighted by molar-refractivity contribution is 5.92. The molecule has 8 heteroatoms. The van der Waals surface area contributed by atoms with Crippen LogP contribution in [0.15, 0.2) is 10.6 Å². The van der Waals surface area contributed by atoms with Crippen molar-refractivity contribution >= 4 is 5.91 Å². The summed E-state index contributed by atoms with van der Waals surface area (Å²) in [6, 6.07) is 0. The molecular weight excluding hydrogens is 310 g/mol. The van der Waals surface area contributed by atoms with Gasteiger partial charge in [-0.05, 0) is 13.3 Å². The van der Waals surface area contributed by atoms with Gasteiger partial charge >= 0.3 is 0 Å². The average molecular weight is 333 g/mol. The van der Waals surface area contributed by atoms with Gasteiger partial charge in [0.2, 0.25) is 5.76 Å². The molecule has 130 valence electrons. The third-order valence-electron chi connectivity index (χ3n) is 4.36. The van der Waals surface area contributed by atoms with E-state index < -0.39 is 0 Å². The van der Waals surface area contributed by atoms with E-state index in [0.29, 0.717) is 30.4 Å². The molecule has 2 atom stereocenters. The second kappa shape index (κ2) is 6.72. The van der Waals surface area contributed by atoms with Crippen molar-refractivity contribution in [2.45, 2.75) is 38.7 Å². The highest BCUT2D eigenvalue weighted by atomic mass is 16.5. The van der Waals surface area contributed by atoms with Crippen LogP contribution < -0.4 is 0 Å². The van der Waals surface area contributed by atoms with Gasteiger partial charge in [-0.1, -0.05) is 12.1 Å². The molecule has 0 unspecified atom stereocenters. The molecule has 0 aliphatic carbocycles. The van der Waals surface area contributed by atoms with Crippen LogP contribution in [0.4, 0.5) is 0 Å². The Morgan fingerprint density at radius 3 is 2.88 bits per heavy atom. The summed E-state index contributed by atoms with van der Waals surface area (Å²) < 4.78 is 12.9. The largest absolute Gasteiger partial charge is 0.435 e. The molecule has 0 spiro atoms. The van der Waals surface area contributed by atoms with Gasteiger partial charge in [0.1, 0.15) is 0 Å². The molecule has 2 aromatic rings. The number of carbonyl (C=O) groups is 1. The first-order chi connectivity index (χ1) is 11.5. The van der Waals surface area contributed by atoms with E-state index in [1.807, 2.05) is 13.2 Å². The lowest BCUT2D eigenvalue weighted by molar-refractivity contribution is 0.0685. The topological polar surface area (TPSA) is 86.3 Å². The summed E-state index contributed by atoms with van der Waals surface area (Å²) in [5.74, 6) is 0.807. The molecule has 0 N–H and O–H groups in total. The SMILES string of the molecule is CCCc1nc(C)c(C(=O)N2C[C@@H](OC)[C@H](c3cn(C)nn3)C2)o1. The lowest BCUT2D eigenvalue weighted by atomic mass is 10.0. The van der Waals surface area contributed by atoms with E-state index in [1.165, 1.54) is 0 Å². The maximum Gasteiger partial charge on any atom is 0.291 e. The van der Waals surface area contributed by atoms with Crippen molar-refractivity contribution in [1.29, 1.82) is 0 Å². The van der Waals surface area contributed by atoms with Crippen LogP contribution in [0.2, 0.25) is 0 Å². The van der Waals surface area contributed by atoms with Gasteiger partial charge in [0, 0.05) is 39.9 Å². The number of methoxy groups -OCH3 is 1. The number of oxazole rings is 1. The predicted molar refractivity (Wildman–Crippen MR) is 85.7 cm³/mol. The Kier molecular flexibility index (Phi) is 4.66. The standard InChI is InChI=1S/C16H23N5O3/c1-5-6-14-17-10(2)15(24-14)16(22)21-7-11(13(9-21)23-4)12-8-20(3)19-18-12/h8,11,13H,5-7,9H2,1-4H3/t11-,13+/m0/s1. The van der Waals surface area contributed by atoms with Crippen LogP contribution in [0, 0.1) is 6.92 Å². The van der Waals surface area contributed by atoms with Crippen LogP contribution in [-0.4, -0.2) is 57.1 Å². The lowest BCUT2D eigenvalue weighted by Crippen LogP contribution is -2.30. The Hall–Kier alpha value is -2.22. The Balaban J connectivity index is 1.79. The smallest absolute Gasteiger partial charge is 0.291 e. The Bertz CT molecular complexity index is 723. The van der Waals surface area contributed by atoms with Crippen molar-refractivity contribution in [3.05, 3.63) is 29.2 Å². The molecule has 1 saturated heterocycles. The van der Waals surface area contributed by atoms with Crippen molar-refractivity contribution in [3.63, 3.8) is 0 Å². The fraction of sp³-hybridized carbons (Fsp3) is 0.625. The highest BCUT2D eigenvalue weighted by Gasteiger charge is 2.39. The first-order valence-corrected chi connectivity index (χ1v) is 8.18. The number of ether oxygens (including phenoxy) is 1. The molecule has 1 fully saturated rings. The summed E-state index contributed by atoms with van der Waals surface area (Å²) in [6.07, 6.45) is 3.42. The first-order valence-electron chi connectivity index (χ1n) is 8.18. The van der Waals surface area contributed by atoms with Gasteiger partial charge in [-0.25, -0.2) is 4.98 Å². The van der Waals surface area contributed by atoms with Crippen LogP contribution in [0.1, 0.15) is 47.1 Å². The Morgan fingerprint density at radius 2 is 2.25 bits per heavy atom. The molecule has 3 heterocycles. The molecule has 3 rings (SSSR count). The van der Waals surface area contributed by atoms with E-state index >= 15 is 0 Å². The second-order valence-electron chi connectivity index (χ2n) is 6.18. The summed E-state index contributed by atoms with van der Waals surface area (Å²) in [5.41, 5.74) is 1.47. The summed E-state index contributed by atoms with van der Waals surface area (Å²) in [5, 5.41) is 8.14. The molecule has 8 nitrogen and oxygen atoms in total. The number of nitrogens with zero attached hydrogens (tertiary/aromatic N) is 5. The monoisotopic (exact) mass is 333 g/mol. The van der Waals surface area contributed by atoms with E-state index in [0.717, 1.165) is 18.5 Å². The molecule has 0 aromatic carbocycles. The minimum absolute atomic E-state index is 0.00555. The summed E-state index contributed by atoms with van der Waals surface area (Å²) in [6.45, 7) is 4.88. The molecule has 0 radical (unpaired) electrons. The molecule has 1 amide bonds. The second-order valence-corrected chi connectivity index (χ2v) is 6.18. The quantitative estimate of drug-likeness (QED) is 0.820. The molecule has 2 aromatic heterocycles. The zero-order chi connectivity index (χ0) is 17.3. The third-order valence-corrected chi connectivity index (χ3v) is 4.36. The van der Waals surface area contributed by atoms with Crippen molar-refractivity contribution in [3.8, 4) is 0 Å². The fourth-order valence-electron chi connectivity index (χ4n) is 3.11. The molecule has 1 aliphatic rings. The normalized spacial score (nSPS) is 20.8. The van der Waals surface area contributed by atoms with Crippen molar-refractivity contribution in [1.82, 2.24) is 24.9 Å². The van der Waals surface area contributed by atoms with Gasteiger partial charge in [-0.15, -0.1) is 5.10 Å². The van der Waals surface area contributed by atoms with E-state index in [4.69, 9.17) is 9.15 Å². The molecule has 0 bridgehead atoms. The van der Waals surface area contributed by atoms with Gasteiger partial charge in [0.25, 0.3) is 5.91 Å². The summed E-state index contributed by atoms with van der Waals surface area (Å²) >= 11 is 0. The third kappa shape index (κ3) is 3.06. The fourth-order valence-corrected chi connectivity index (χ4v) is 3.11. The number of hydrogen-bond donors (Lipinski definition) is 0. The Labute approximate surface area is 140 Å². The number of aryl methyl sites for hydroxylation is 3. The van der Waals surface area contributed by atoms with Crippen LogP contribution >= 0.6 is 0 Å². The minimum Gasteiger partial charge on any atom is -0.435 e. The van der Waals surface area contributed by atoms with Crippen LogP contribution in [0.3, 0.4) is 0 Å². The highest BCUT2D eigenvalue weighted by Crippen LogP contribution is 2.29. The zero-order valence-corrected chi connectivity index (χ0v) is 14.5. The maximum absolute atomic E-state index is 12.8. The number of aromatic nitrogens is 4. The van der Waals surface area contributed by atoms with E-state index in [1.54, 1.807) is 23.6 Å². The van der Waals surface area contributed by atoms with Crippen LogP contribution in [0.5, 0.6) is 0 Å². The maximum atomic E-state index is 12.8. The summed E-state index contributed by atoms with van der Waals surface area (Å²) in [4.78, 5) is 18.9. The van der Waals surface area contributed by atoms with Gasteiger partial charge in [0.15, 0.2) is 5.89 Å². The molecular formula is C16H23N5O3. The first kappa shape index (κ1) is 16.6. The predicted octanol–water partition coefficient (Wildman–Crippen LogP) is 1.32. The number of likely N-dealkylation sites (tertiary alicyclic amines) is 1. The van der Waals surface area contributed by atoms with Crippen LogP contribution in [0.25, 0.3) is 0 Å². The average Bonchev–Trinajstić information content (AvgIpc) is 3.25. The van der Waals surface area contributed by atoms with Crippen LogP contribution in [-0.2, 0) is 18.2 Å². The van der Waals surface area contributed by atoms with E-state index in [2.05, 4.69) is 22.2 Å². The number of amides is 1. The van der Waals surface area contributed by atoms with E-state index in [-0.39, 0.29) is 17.9 Å². The minimum atomic E-state index is -0.143. The number of hydrogen-bond acceptors (Lipinski definition) is 6. The van der Waals surface area contributed by atoms with Gasteiger partial charge in [-0.2, -0.15) is 0 Å². The van der Waals surface area contributed by atoms with Crippen molar-refractivity contribution < 1.29 is 13.9 Å². The molecule has 24 heavy (non-hydrogen) atoms. The van der Waals surface area contributed by atoms with Crippen molar-refractivity contribution in [2.75, 3.05) is 20.2 Å². The van der Waals surface area contributed by atoms with Crippen molar-refractivity contribution in [2.24, 2.45) is 7.05 Å². The molecule has 1 aliphatic heterocycles. The van der Waals surface area contributed by atoms with Gasteiger partial charge in [-0.3, -0.25) is 9.48 Å². The lowest BCUT2D eigenvalue weighted by Gasteiger charge is -2.14. The summed E-state index contributed by atoms with van der Waals surface area (Å²) in [7, 11) is 3.48. The van der Waals surface area contributed by atoms with Gasteiger partial charge < -0.3 is 14.1 Å².